The SMILES string of the molecule is CNCc1cn(Cc2nccn2C(F)F)cn1. The Hall–Kier alpha value is -1.76. The molecule has 92 valence electrons. The second-order valence-electron chi connectivity index (χ2n) is 3.60. The normalized spacial score (nSPS) is 11.3. The molecule has 0 radical (unpaired) electrons. The number of alkyl halides is 2. The first-order valence-corrected chi connectivity index (χ1v) is 5.16. The average Bonchev–Trinajstić information content (AvgIpc) is 2.89. The maximum absolute atomic E-state index is 12.6. The van der Waals surface area contributed by atoms with Gasteiger partial charge in [0.15, 0.2) is 0 Å². The van der Waals surface area contributed by atoms with Crippen molar-refractivity contribution in [2.75, 3.05) is 7.05 Å². The van der Waals surface area contributed by atoms with Gasteiger partial charge in [0.2, 0.25) is 0 Å². The van der Waals surface area contributed by atoms with Gasteiger partial charge in [-0.3, -0.25) is 4.57 Å². The summed E-state index contributed by atoms with van der Waals surface area (Å²) < 4.78 is 27.7. The third-order valence-corrected chi connectivity index (χ3v) is 2.33. The molecule has 7 heteroatoms. The number of aromatic nitrogens is 4. The predicted molar refractivity (Wildman–Crippen MR) is 57.6 cm³/mol. The molecule has 0 saturated carbocycles. The minimum absolute atomic E-state index is 0.286. The molecule has 2 aromatic heterocycles. The van der Waals surface area contributed by atoms with Crippen LogP contribution in [-0.4, -0.2) is 26.1 Å². The monoisotopic (exact) mass is 241 g/mol. The standard InChI is InChI=1S/C10H13F2N5/c1-13-4-8-5-16(7-15-8)6-9-14-2-3-17(9)10(11)12/h2-3,5,7,10,13H,4,6H2,1H3. The number of nitrogens with one attached hydrogen (secondary N) is 1. The number of rotatable bonds is 5. The van der Waals surface area contributed by atoms with E-state index in [-0.39, 0.29) is 6.54 Å². The molecule has 0 aliphatic carbocycles. The van der Waals surface area contributed by atoms with Crippen LogP contribution >= 0.6 is 0 Å². The van der Waals surface area contributed by atoms with Gasteiger partial charge in [0.1, 0.15) is 5.82 Å². The van der Waals surface area contributed by atoms with Crippen LogP contribution in [0.5, 0.6) is 0 Å². The smallest absolute Gasteiger partial charge is 0.319 e. The quantitative estimate of drug-likeness (QED) is 0.856. The van der Waals surface area contributed by atoms with E-state index in [1.54, 1.807) is 17.1 Å². The molecule has 0 unspecified atom stereocenters. The number of imidazole rings is 2. The highest BCUT2D eigenvalue weighted by Gasteiger charge is 2.11. The van der Waals surface area contributed by atoms with Crippen LogP contribution in [-0.2, 0) is 13.1 Å². The summed E-state index contributed by atoms with van der Waals surface area (Å²) in [7, 11) is 1.82. The van der Waals surface area contributed by atoms with E-state index in [1.807, 2.05) is 7.05 Å². The van der Waals surface area contributed by atoms with Crippen LogP contribution in [0.3, 0.4) is 0 Å². The Bertz CT molecular complexity index is 477. The van der Waals surface area contributed by atoms with E-state index in [0.29, 0.717) is 12.4 Å². The van der Waals surface area contributed by atoms with Crippen LogP contribution in [0.2, 0.25) is 0 Å². The van der Waals surface area contributed by atoms with E-state index >= 15 is 0 Å². The van der Waals surface area contributed by atoms with Crippen molar-refractivity contribution in [3.05, 3.63) is 36.4 Å². The van der Waals surface area contributed by atoms with Gasteiger partial charge in [0.25, 0.3) is 0 Å². The summed E-state index contributed by atoms with van der Waals surface area (Å²) in [6, 6.07) is 0. The van der Waals surface area contributed by atoms with Gasteiger partial charge >= 0.3 is 6.55 Å². The predicted octanol–water partition coefficient (Wildman–Crippen LogP) is 1.24. The third kappa shape index (κ3) is 2.68. The van der Waals surface area contributed by atoms with E-state index in [2.05, 4.69) is 15.3 Å². The number of nitrogens with zero attached hydrogens (tertiary/aromatic N) is 4. The highest BCUT2D eigenvalue weighted by Crippen LogP contribution is 2.13. The molecule has 0 spiro atoms. The molecule has 0 saturated heterocycles. The Morgan fingerprint density at radius 2 is 2.24 bits per heavy atom. The summed E-state index contributed by atoms with van der Waals surface area (Å²) in [4.78, 5) is 8.04. The van der Waals surface area contributed by atoms with Gasteiger partial charge in [0.05, 0.1) is 18.6 Å². The first kappa shape index (κ1) is 11.7. The largest absolute Gasteiger partial charge is 0.330 e. The molecule has 2 rings (SSSR count). The fourth-order valence-electron chi connectivity index (χ4n) is 1.57. The van der Waals surface area contributed by atoms with Gasteiger partial charge < -0.3 is 9.88 Å². The summed E-state index contributed by atoms with van der Waals surface area (Å²) in [6.45, 7) is -1.63. The van der Waals surface area contributed by atoms with Crippen molar-refractivity contribution in [3.63, 3.8) is 0 Å². The first-order chi connectivity index (χ1) is 8.20. The zero-order valence-corrected chi connectivity index (χ0v) is 9.35. The number of halogens is 2. The molecule has 1 N–H and O–H groups in total. The Balaban J connectivity index is 2.11. The van der Waals surface area contributed by atoms with Crippen LogP contribution in [0.1, 0.15) is 18.1 Å². The van der Waals surface area contributed by atoms with Crippen molar-refractivity contribution in [2.24, 2.45) is 0 Å². The molecule has 17 heavy (non-hydrogen) atoms. The molecule has 2 heterocycles. The second kappa shape index (κ2) is 5.05. The fraction of sp³-hybridized carbons (Fsp3) is 0.400. The van der Waals surface area contributed by atoms with Gasteiger partial charge in [-0.1, -0.05) is 0 Å². The van der Waals surface area contributed by atoms with Crippen LogP contribution in [0, 0.1) is 0 Å². The van der Waals surface area contributed by atoms with Crippen molar-refractivity contribution in [1.82, 2.24) is 24.4 Å². The van der Waals surface area contributed by atoms with E-state index in [0.717, 1.165) is 10.3 Å². The number of hydrogen-bond donors (Lipinski definition) is 1. The highest BCUT2D eigenvalue weighted by molar-refractivity contribution is 5.00. The molecule has 0 atom stereocenters. The summed E-state index contributed by atoms with van der Waals surface area (Å²) in [5.74, 6) is 0.313. The van der Waals surface area contributed by atoms with E-state index < -0.39 is 6.55 Å². The molecule has 2 aromatic rings. The van der Waals surface area contributed by atoms with Gasteiger partial charge in [-0.15, -0.1) is 0 Å². The Kier molecular flexibility index (Phi) is 3.48. The van der Waals surface area contributed by atoms with E-state index in [1.165, 1.54) is 12.4 Å². The molecule has 0 aliphatic rings. The highest BCUT2D eigenvalue weighted by atomic mass is 19.3. The Morgan fingerprint density at radius 1 is 1.41 bits per heavy atom. The van der Waals surface area contributed by atoms with E-state index in [9.17, 15) is 8.78 Å². The lowest BCUT2D eigenvalue weighted by Crippen LogP contribution is -2.08. The van der Waals surface area contributed by atoms with Crippen LogP contribution < -0.4 is 5.32 Å². The minimum atomic E-state index is -2.56. The van der Waals surface area contributed by atoms with Crippen LogP contribution in [0.4, 0.5) is 8.78 Å². The summed E-state index contributed by atoms with van der Waals surface area (Å²) in [5.41, 5.74) is 0.864. The van der Waals surface area contributed by atoms with E-state index in [4.69, 9.17) is 0 Å². The van der Waals surface area contributed by atoms with Gasteiger partial charge in [-0.2, -0.15) is 8.78 Å². The maximum atomic E-state index is 12.6. The third-order valence-electron chi connectivity index (χ3n) is 2.33. The fourth-order valence-corrected chi connectivity index (χ4v) is 1.57. The molecule has 0 aromatic carbocycles. The van der Waals surface area contributed by atoms with Crippen molar-refractivity contribution < 1.29 is 8.78 Å². The lowest BCUT2D eigenvalue weighted by Gasteiger charge is -2.06. The lowest BCUT2D eigenvalue weighted by atomic mass is 10.5. The molecule has 0 bridgehead atoms. The summed E-state index contributed by atoms with van der Waals surface area (Å²) in [5, 5.41) is 2.97. The van der Waals surface area contributed by atoms with Crippen LogP contribution in [0.25, 0.3) is 0 Å². The lowest BCUT2D eigenvalue weighted by molar-refractivity contribution is 0.0667. The molecular formula is C10H13F2N5. The minimum Gasteiger partial charge on any atom is -0.330 e. The van der Waals surface area contributed by atoms with Crippen molar-refractivity contribution in [1.29, 1.82) is 0 Å². The Labute approximate surface area is 97.1 Å². The molecule has 5 nitrogen and oxygen atoms in total. The Morgan fingerprint density at radius 3 is 2.94 bits per heavy atom. The van der Waals surface area contributed by atoms with Gasteiger partial charge in [0, 0.05) is 25.1 Å². The summed E-state index contributed by atoms with van der Waals surface area (Å²) in [6.07, 6.45) is 6.05. The zero-order chi connectivity index (χ0) is 12.3. The maximum Gasteiger partial charge on any atom is 0.319 e. The molecule has 0 fully saturated rings. The van der Waals surface area contributed by atoms with Crippen molar-refractivity contribution in [2.45, 2.75) is 19.6 Å². The molecule has 0 amide bonds. The zero-order valence-electron chi connectivity index (χ0n) is 9.35. The van der Waals surface area contributed by atoms with Crippen LogP contribution in [0.15, 0.2) is 24.9 Å². The van der Waals surface area contributed by atoms with Gasteiger partial charge in [-0.05, 0) is 7.05 Å². The molecular weight excluding hydrogens is 228 g/mol. The number of hydrogen-bond acceptors (Lipinski definition) is 3. The average molecular weight is 241 g/mol. The van der Waals surface area contributed by atoms with Gasteiger partial charge in [-0.25, -0.2) is 9.97 Å². The van der Waals surface area contributed by atoms with Crippen molar-refractivity contribution >= 4 is 0 Å². The topological polar surface area (TPSA) is 47.7 Å². The molecule has 0 aliphatic heterocycles. The second-order valence-corrected chi connectivity index (χ2v) is 3.60. The van der Waals surface area contributed by atoms with Crippen molar-refractivity contribution in [3.8, 4) is 0 Å². The first-order valence-electron chi connectivity index (χ1n) is 5.16. The summed E-state index contributed by atoms with van der Waals surface area (Å²) >= 11 is 0.